The van der Waals surface area contributed by atoms with Gasteiger partial charge in [0.15, 0.2) is 10.6 Å². The Morgan fingerprint density at radius 1 is 1.13 bits per heavy atom. The Bertz CT molecular complexity index is 1010. The van der Waals surface area contributed by atoms with E-state index in [4.69, 9.17) is 17.0 Å². The van der Waals surface area contributed by atoms with E-state index in [1.54, 1.807) is 0 Å². The molecule has 3 rings (SSSR count). The number of anilines is 1. The molecule has 7 heteroatoms. The molecule has 0 spiro atoms. The van der Waals surface area contributed by atoms with Crippen molar-refractivity contribution in [3.63, 3.8) is 0 Å². The van der Waals surface area contributed by atoms with Gasteiger partial charge in [0, 0.05) is 24.2 Å². The van der Waals surface area contributed by atoms with E-state index in [0.717, 1.165) is 23.4 Å². The van der Waals surface area contributed by atoms with Gasteiger partial charge in [0.05, 0.1) is 6.61 Å². The maximum absolute atomic E-state index is 12.4. The fourth-order valence-electron chi connectivity index (χ4n) is 3.18. The topological polar surface area (TPSA) is 71.9 Å². The summed E-state index contributed by atoms with van der Waals surface area (Å²) in [5.41, 5.74) is 3.01. The van der Waals surface area contributed by atoms with Crippen molar-refractivity contribution in [2.75, 3.05) is 11.9 Å². The average Bonchev–Trinajstić information content (AvgIpc) is 3.13. The quantitative estimate of drug-likeness (QED) is 0.429. The molecule has 0 atom stereocenters. The van der Waals surface area contributed by atoms with Gasteiger partial charge in [-0.2, -0.15) is 5.10 Å². The van der Waals surface area contributed by atoms with Crippen LogP contribution in [0.4, 0.5) is 5.69 Å². The van der Waals surface area contributed by atoms with Gasteiger partial charge < -0.3 is 10.1 Å². The predicted octanol–water partition coefficient (Wildman–Crippen LogP) is 5.38. The zero-order valence-corrected chi connectivity index (χ0v) is 18.3. The first-order valence-corrected chi connectivity index (χ1v) is 10.8. The number of carbonyl (C=O) groups is 1. The number of aromatic amines is 1. The highest BCUT2D eigenvalue weighted by atomic mass is 32.1. The summed E-state index contributed by atoms with van der Waals surface area (Å²) in [6, 6.07) is 15.7. The molecule has 2 aromatic carbocycles. The largest absolute Gasteiger partial charge is 0.494 e. The summed E-state index contributed by atoms with van der Waals surface area (Å²) in [4.78, 5) is 12.4. The average molecular weight is 425 g/mol. The minimum atomic E-state index is -0.0583. The molecule has 30 heavy (non-hydrogen) atoms. The number of benzene rings is 2. The van der Waals surface area contributed by atoms with Crippen molar-refractivity contribution in [1.82, 2.24) is 14.8 Å². The highest BCUT2D eigenvalue weighted by Crippen LogP contribution is 2.21. The number of hydrogen-bond donors (Lipinski definition) is 2. The molecule has 3 aromatic rings. The molecule has 0 radical (unpaired) electrons. The van der Waals surface area contributed by atoms with Crippen LogP contribution in [0.1, 0.15) is 38.7 Å². The van der Waals surface area contributed by atoms with Crippen molar-refractivity contribution in [1.29, 1.82) is 0 Å². The number of ether oxygens (including phenoxy) is 1. The summed E-state index contributed by atoms with van der Waals surface area (Å²) < 4.78 is 7.82. The number of amides is 1. The van der Waals surface area contributed by atoms with Crippen LogP contribution in [-0.4, -0.2) is 27.3 Å². The monoisotopic (exact) mass is 424 g/mol. The standard InChI is InChI=1S/C23H28N4O2S/c1-3-5-6-17-7-11-19(12-8-17)24-21(28)15-16-27-22(25-26-23(27)30)18-9-13-20(14-10-18)29-4-2/h7-14H,3-6,15-16H2,1-2H3,(H,24,28)(H,26,30). The SMILES string of the molecule is CCCCc1ccc(NC(=O)CCn2c(-c3ccc(OCC)cc3)n[nH]c2=S)cc1. The van der Waals surface area contributed by atoms with Gasteiger partial charge in [0.1, 0.15) is 5.75 Å². The summed E-state index contributed by atoms with van der Waals surface area (Å²) in [7, 11) is 0. The lowest BCUT2D eigenvalue weighted by molar-refractivity contribution is -0.116. The van der Waals surface area contributed by atoms with Gasteiger partial charge in [0.25, 0.3) is 0 Å². The Hall–Kier alpha value is -2.93. The molecule has 0 aliphatic carbocycles. The van der Waals surface area contributed by atoms with Crippen LogP contribution in [0.15, 0.2) is 48.5 Å². The molecule has 1 aromatic heterocycles. The third-order valence-electron chi connectivity index (χ3n) is 4.80. The number of aromatic nitrogens is 3. The van der Waals surface area contributed by atoms with Crippen LogP contribution in [-0.2, 0) is 17.8 Å². The molecule has 0 aliphatic rings. The molecule has 2 N–H and O–H groups in total. The zero-order chi connectivity index (χ0) is 21.3. The van der Waals surface area contributed by atoms with Gasteiger partial charge in [-0.05, 0) is 73.9 Å². The number of aryl methyl sites for hydroxylation is 1. The van der Waals surface area contributed by atoms with Crippen LogP contribution in [0.5, 0.6) is 5.75 Å². The lowest BCUT2D eigenvalue weighted by Crippen LogP contribution is -2.15. The summed E-state index contributed by atoms with van der Waals surface area (Å²) in [5.74, 6) is 1.45. The molecule has 0 saturated heterocycles. The van der Waals surface area contributed by atoms with Gasteiger partial charge >= 0.3 is 0 Å². The molecule has 6 nitrogen and oxygen atoms in total. The maximum Gasteiger partial charge on any atom is 0.226 e. The van der Waals surface area contributed by atoms with E-state index in [1.807, 2.05) is 47.9 Å². The molecule has 0 unspecified atom stereocenters. The minimum Gasteiger partial charge on any atom is -0.494 e. The Labute approximate surface area is 182 Å². The minimum absolute atomic E-state index is 0.0583. The van der Waals surface area contributed by atoms with Gasteiger partial charge in [-0.25, -0.2) is 0 Å². The number of nitrogens with one attached hydrogen (secondary N) is 2. The second-order valence-corrected chi connectivity index (χ2v) is 7.45. The van der Waals surface area contributed by atoms with Crippen molar-refractivity contribution in [2.45, 2.75) is 46.1 Å². The first-order valence-electron chi connectivity index (χ1n) is 10.4. The lowest BCUT2D eigenvalue weighted by Gasteiger charge is -2.09. The molecular weight excluding hydrogens is 396 g/mol. The van der Waals surface area contributed by atoms with Crippen molar-refractivity contribution in [3.8, 4) is 17.1 Å². The smallest absolute Gasteiger partial charge is 0.226 e. The number of H-pyrrole nitrogens is 1. The van der Waals surface area contributed by atoms with E-state index in [0.29, 0.717) is 30.2 Å². The number of rotatable bonds is 10. The molecule has 158 valence electrons. The van der Waals surface area contributed by atoms with Crippen LogP contribution in [0.25, 0.3) is 11.4 Å². The van der Waals surface area contributed by atoms with Gasteiger partial charge in [0.2, 0.25) is 5.91 Å². The highest BCUT2D eigenvalue weighted by molar-refractivity contribution is 7.71. The molecule has 0 fully saturated rings. The van der Waals surface area contributed by atoms with Gasteiger partial charge in [-0.1, -0.05) is 25.5 Å². The van der Waals surface area contributed by atoms with Crippen molar-refractivity contribution in [2.24, 2.45) is 0 Å². The molecular formula is C23H28N4O2S. The fraction of sp³-hybridized carbons (Fsp3) is 0.348. The van der Waals surface area contributed by atoms with E-state index < -0.39 is 0 Å². The number of carbonyl (C=O) groups excluding carboxylic acids is 1. The molecule has 0 saturated carbocycles. The van der Waals surface area contributed by atoms with E-state index in [9.17, 15) is 4.79 Å². The van der Waals surface area contributed by atoms with Crippen molar-refractivity contribution < 1.29 is 9.53 Å². The van der Waals surface area contributed by atoms with Crippen LogP contribution in [0, 0.1) is 4.77 Å². The number of unbranched alkanes of at least 4 members (excludes halogenated alkanes) is 1. The molecule has 0 bridgehead atoms. The normalized spacial score (nSPS) is 10.7. The Morgan fingerprint density at radius 2 is 1.87 bits per heavy atom. The maximum atomic E-state index is 12.4. The van der Waals surface area contributed by atoms with E-state index in [2.05, 4.69) is 34.6 Å². The summed E-state index contributed by atoms with van der Waals surface area (Å²) >= 11 is 5.36. The van der Waals surface area contributed by atoms with Crippen LogP contribution < -0.4 is 10.1 Å². The Kier molecular flexibility index (Phi) is 7.79. The van der Waals surface area contributed by atoms with E-state index in [-0.39, 0.29) is 5.91 Å². The van der Waals surface area contributed by atoms with E-state index >= 15 is 0 Å². The number of hydrogen-bond acceptors (Lipinski definition) is 4. The summed E-state index contributed by atoms with van der Waals surface area (Å²) in [6.07, 6.45) is 3.72. The van der Waals surface area contributed by atoms with Crippen LogP contribution in [0.3, 0.4) is 0 Å². The first kappa shape index (κ1) is 21.8. The van der Waals surface area contributed by atoms with Gasteiger partial charge in [-0.3, -0.25) is 14.5 Å². The lowest BCUT2D eigenvalue weighted by atomic mass is 10.1. The third-order valence-corrected chi connectivity index (χ3v) is 5.11. The zero-order valence-electron chi connectivity index (χ0n) is 17.5. The third kappa shape index (κ3) is 5.79. The Balaban J connectivity index is 1.61. The summed E-state index contributed by atoms with van der Waals surface area (Å²) in [5, 5.41) is 10.1. The van der Waals surface area contributed by atoms with Crippen molar-refractivity contribution in [3.05, 3.63) is 58.9 Å². The van der Waals surface area contributed by atoms with Gasteiger partial charge in [-0.15, -0.1) is 0 Å². The second kappa shape index (κ2) is 10.7. The fourth-order valence-corrected chi connectivity index (χ4v) is 3.41. The predicted molar refractivity (Wildman–Crippen MR) is 122 cm³/mol. The molecule has 1 heterocycles. The summed E-state index contributed by atoms with van der Waals surface area (Å²) in [6.45, 7) is 5.19. The first-order chi connectivity index (χ1) is 14.6. The van der Waals surface area contributed by atoms with E-state index in [1.165, 1.54) is 18.4 Å². The Morgan fingerprint density at radius 3 is 2.53 bits per heavy atom. The molecule has 1 amide bonds. The van der Waals surface area contributed by atoms with Crippen molar-refractivity contribution >= 4 is 23.8 Å². The highest BCUT2D eigenvalue weighted by Gasteiger charge is 2.11. The van der Waals surface area contributed by atoms with Crippen LogP contribution >= 0.6 is 12.2 Å². The molecule has 0 aliphatic heterocycles. The van der Waals surface area contributed by atoms with Crippen LogP contribution in [0.2, 0.25) is 0 Å². The number of nitrogens with zero attached hydrogens (tertiary/aromatic N) is 2. The second-order valence-electron chi connectivity index (χ2n) is 7.06.